The molecule has 5 nitrogen and oxygen atoms in total. The Hall–Kier alpha value is -1.83. The van der Waals surface area contributed by atoms with E-state index in [9.17, 15) is 28.4 Å². The van der Waals surface area contributed by atoms with Crippen LogP contribution in [0.4, 0.5) is 24.5 Å². The molecule has 1 unspecified atom stereocenters. The number of aliphatic hydroxyl groups excluding tert-OH is 1. The summed E-state index contributed by atoms with van der Waals surface area (Å²) in [6.45, 7) is 1.63. The first-order chi connectivity index (χ1) is 8.75. The summed E-state index contributed by atoms with van der Waals surface area (Å²) in [4.78, 5) is 9.59. The van der Waals surface area contributed by atoms with Crippen LogP contribution in [0, 0.1) is 10.1 Å². The Kier molecular flexibility index (Phi) is 4.71. The molecule has 0 fully saturated rings. The molecule has 0 bridgehead atoms. The Morgan fingerprint density at radius 3 is 2.58 bits per heavy atom. The number of benzene rings is 1. The van der Waals surface area contributed by atoms with Gasteiger partial charge < -0.3 is 10.4 Å². The van der Waals surface area contributed by atoms with E-state index in [0.29, 0.717) is 12.5 Å². The monoisotopic (exact) mass is 278 g/mol. The first-order valence-corrected chi connectivity index (χ1v) is 5.53. The topological polar surface area (TPSA) is 75.4 Å². The predicted octanol–water partition coefficient (Wildman–Crippen LogP) is 2.80. The maximum atomic E-state index is 12.8. The van der Waals surface area contributed by atoms with Gasteiger partial charge in [0.1, 0.15) is 0 Å². The number of aliphatic hydroxyl groups is 1. The van der Waals surface area contributed by atoms with Crippen molar-refractivity contribution in [1.82, 2.24) is 0 Å². The summed E-state index contributed by atoms with van der Waals surface area (Å²) < 4.78 is 38.3. The van der Waals surface area contributed by atoms with E-state index in [4.69, 9.17) is 0 Å². The molecule has 1 aromatic carbocycles. The highest BCUT2D eigenvalue weighted by molar-refractivity contribution is 5.57. The zero-order chi connectivity index (χ0) is 14.6. The minimum Gasteiger partial charge on any atom is -0.391 e. The number of hydrogen-bond acceptors (Lipinski definition) is 4. The van der Waals surface area contributed by atoms with Crippen molar-refractivity contribution < 1.29 is 23.2 Å². The van der Waals surface area contributed by atoms with Crippen LogP contribution >= 0.6 is 0 Å². The maximum Gasteiger partial charge on any atom is 0.418 e. The molecule has 0 saturated heterocycles. The lowest BCUT2D eigenvalue weighted by atomic mass is 10.1. The minimum absolute atomic E-state index is 0.0581. The molecule has 1 aromatic rings. The Bertz CT molecular complexity index is 463. The molecule has 0 aliphatic carbocycles. The quantitative estimate of drug-likeness (QED) is 0.641. The third-order valence-corrected chi connectivity index (χ3v) is 2.52. The molecule has 19 heavy (non-hydrogen) atoms. The molecule has 2 N–H and O–H groups in total. The molecule has 8 heteroatoms. The van der Waals surface area contributed by atoms with E-state index >= 15 is 0 Å². The Morgan fingerprint density at radius 2 is 2.11 bits per heavy atom. The van der Waals surface area contributed by atoms with Crippen molar-refractivity contribution in [2.45, 2.75) is 25.6 Å². The molecule has 0 aliphatic heterocycles. The average Bonchev–Trinajstić information content (AvgIpc) is 2.34. The fourth-order valence-corrected chi connectivity index (χ4v) is 1.41. The van der Waals surface area contributed by atoms with Crippen LogP contribution in [0.3, 0.4) is 0 Å². The number of nitro groups is 1. The Balaban J connectivity index is 3.06. The number of halogens is 3. The van der Waals surface area contributed by atoms with E-state index in [-0.39, 0.29) is 12.2 Å². The summed E-state index contributed by atoms with van der Waals surface area (Å²) in [7, 11) is 0. The van der Waals surface area contributed by atoms with Gasteiger partial charge in [0.2, 0.25) is 0 Å². The summed E-state index contributed by atoms with van der Waals surface area (Å²) in [6, 6.07) is 2.44. The van der Waals surface area contributed by atoms with Crippen molar-refractivity contribution in [1.29, 1.82) is 0 Å². The minimum atomic E-state index is -4.70. The van der Waals surface area contributed by atoms with Gasteiger partial charge in [0.05, 0.1) is 16.6 Å². The average molecular weight is 278 g/mol. The second kappa shape index (κ2) is 5.87. The standard InChI is InChI=1S/C11H13F3N2O3/c1-2-8(17)6-15-10-4-3-7(16(18)19)5-9(10)11(12,13)14/h3-5,8,15,17H,2,6H2,1H3. The van der Waals surface area contributed by atoms with E-state index in [1.54, 1.807) is 6.92 Å². The lowest BCUT2D eigenvalue weighted by Crippen LogP contribution is -2.20. The number of alkyl halides is 3. The van der Waals surface area contributed by atoms with Gasteiger partial charge in [0.25, 0.3) is 5.69 Å². The molecule has 106 valence electrons. The lowest BCUT2D eigenvalue weighted by molar-refractivity contribution is -0.385. The van der Waals surface area contributed by atoms with Crippen LogP contribution in [-0.2, 0) is 6.18 Å². The molecule has 1 atom stereocenters. The Labute approximate surface area is 107 Å². The SMILES string of the molecule is CCC(O)CNc1ccc([N+](=O)[O-])cc1C(F)(F)F. The fourth-order valence-electron chi connectivity index (χ4n) is 1.41. The van der Waals surface area contributed by atoms with Crippen molar-refractivity contribution in [3.8, 4) is 0 Å². The van der Waals surface area contributed by atoms with Crippen LogP contribution in [0.2, 0.25) is 0 Å². The number of rotatable bonds is 5. The normalized spacial score (nSPS) is 13.1. The predicted molar refractivity (Wildman–Crippen MR) is 62.9 cm³/mol. The van der Waals surface area contributed by atoms with Crippen LogP contribution in [0.25, 0.3) is 0 Å². The third-order valence-electron chi connectivity index (χ3n) is 2.52. The molecule has 0 heterocycles. The van der Waals surface area contributed by atoms with E-state index in [0.717, 1.165) is 12.1 Å². The van der Waals surface area contributed by atoms with Crippen molar-refractivity contribution in [3.63, 3.8) is 0 Å². The number of nitrogens with zero attached hydrogens (tertiary/aromatic N) is 1. The van der Waals surface area contributed by atoms with Gasteiger partial charge in [-0.05, 0) is 12.5 Å². The number of anilines is 1. The maximum absolute atomic E-state index is 12.8. The zero-order valence-corrected chi connectivity index (χ0v) is 10.1. The Morgan fingerprint density at radius 1 is 1.47 bits per heavy atom. The molecule has 0 spiro atoms. The summed E-state index contributed by atoms with van der Waals surface area (Å²) in [5, 5.41) is 22.2. The second-order valence-corrected chi connectivity index (χ2v) is 3.93. The third kappa shape index (κ3) is 4.09. The first kappa shape index (κ1) is 15.2. The van der Waals surface area contributed by atoms with Gasteiger partial charge in [-0.15, -0.1) is 0 Å². The molecule has 1 rings (SSSR count). The van der Waals surface area contributed by atoms with Gasteiger partial charge >= 0.3 is 6.18 Å². The van der Waals surface area contributed by atoms with Crippen molar-refractivity contribution in [2.75, 3.05) is 11.9 Å². The van der Waals surface area contributed by atoms with Crippen LogP contribution < -0.4 is 5.32 Å². The van der Waals surface area contributed by atoms with Gasteiger partial charge in [0.15, 0.2) is 0 Å². The van der Waals surface area contributed by atoms with Gasteiger partial charge in [0, 0.05) is 24.4 Å². The molecule has 0 amide bonds. The van der Waals surface area contributed by atoms with Crippen molar-refractivity contribution in [2.24, 2.45) is 0 Å². The van der Waals surface area contributed by atoms with Gasteiger partial charge in [-0.3, -0.25) is 10.1 Å². The van der Waals surface area contributed by atoms with E-state index in [1.165, 1.54) is 0 Å². The smallest absolute Gasteiger partial charge is 0.391 e. The zero-order valence-electron chi connectivity index (χ0n) is 10.1. The second-order valence-electron chi connectivity index (χ2n) is 3.93. The summed E-state index contributed by atoms with van der Waals surface area (Å²) in [5.41, 5.74) is -2.04. The van der Waals surface area contributed by atoms with Gasteiger partial charge in [-0.2, -0.15) is 13.2 Å². The van der Waals surface area contributed by atoms with E-state index in [1.807, 2.05) is 0 Å². The lowest BCUT2D eigenvalue weighted by Gasteiger charge is -2.16. The summed E-state index contributed by atoms with van der Waals surface area (Å²) >= 11 is 0. The molecular weight excluding hydrogens is 265 g/mol. The highest BCUT2D eigenvalue weighted by atomic mass is 19.4. The fraction of sp³-hybridized carbons (Fsp3) is 0.455. The van der Waals surface area contributed by atoms with Crippen LogP contribution in [-0.4, -0.2) is 22.7 Å². The van der Waals surface area contributed by atoms with Crippen LogP contribution in [0.15, 0.2) is 18.2 Å². The highest BCUT2D eigenvalue weighted by Crippen LogP contribution is 2.37. The van der Waals surface area contributed by atoms with Gasteiger partial charge in [-0.25, -0.2) is 0 Å². The highest BCUT2D eigenvalue weighted by Gasteiger charge is 2.35. The van der Waals surface area contributed by atoms with Crippen molar-refractivity contribution >= 4 is 11.4 Å². The summed E-state index contributed by atoms with van der Waals surface area (Å²) in [5.74, 6) is 0. The van der Waals surface area contributed by atoms with Gasteiger partial charge in [-0.1, -0.05) is 6.92 Å². The van der Waals surface area contributed by atoms with E-state index in [2.05, 4.69) is 5.32 Å². The molecule has 0 aliphatic rings. The first-order valence-electron chi connectivity index (χ1n) is 5.53. The molecule has 0 saturated carbocycles. The van der Waals surface area contributed by atoms with Crippen molar-refractivity contribution in [3.05, 3.63) is 33.9 Å². The molecule has 0 radical (unpaired) electrons. The number of nitro benzene ring substituents is 1. The largest absolute Gasteiger partial charge is 0.418 e. The van der Waals surface area contributed by atoms with E-state index < -0.39 is 28.5 Å². The summed E-state index contributed by atoms with van der Waals surface area (Å²) in [6.07, 6.45) is -5.09. The number of hydrogen-bond donors (Lipinski definition) is 2. The van der Waals surface area contributed by atoms with Crippen LogP contribution in [0.5, 0.6) is 0 Å². The number of non-ortho nitro benzene ring substituents is 1. The molecular formula is C11H13F3N2O3. The molecule has 0 aromatic heterocycles. The van der Waals surface area contributed by atoms with Crippen LogP contribution in [0.1, 0.15) is 18.9 Å². The number of nitrogens with one attached hydrogen (secondary N) is 1.